The Balaban J connectivity index is 0.00000264. The van der Waals surface area contributed by atoms with Crippen LogP contribution in [-0.2, 0) is 9.84 Å². The Morgan fingerprint density at radius 1 is 1.22 bits per heavy atom. The average Bonchev–Trinajstić information content (AvgIpc) is 2.48. The molecule has 1 heterocycles. The van der Waals surface area contributed by atoms with Crippen molar-refractivity contribution in [3.63, 3.8) is 0 Å². The Hall–Kier alpha value is -0.660. The maximum absolute atomic E-state index is 11.6. The monoisotopic (exact) mass is 362 g/mol. The Kier molecular flexibility index (Phi) is 7.04. The fourth-order valence-electron chi connectivity index (χ4n) is 3.08. The lowest BCUT2D eigenvalue weighted by Crippen LogP contribution is -2.49. The van der Waals surface area contributed by atoms with Crippen LogP contribution in [-0.4, -0.2) is 57.5 Å². The molecular formula is C16H27ClN2O3S. The fourth-order valence-corrected chi connectivity index (χ4v) is 3.71. The van der Waals surface area contributed by atoms with Crippen molar-refractivity contribution >= 4 is 22.2 Å². The van der Waals surface area contributed by atoms with Gasteiger partial charge in [0, 0.05) is 50.5 Å². The number of aliphatic hydroxyl groups excluding tert-OH is 1. The lowest BCUT2D eigenvalue weighted by atomic mass is 9.80. The summed E-state index contributed by atoms with van der Waals surface area (Å²) < 4.78 is 23.2. The Labute approximate surface area is 145 Å². The molecule has 0 aliphatic carbocycles. The minimum atomic E-state index is -3.18. The molecule has 2 N–H and O–H groups in total. The van der Waals surface area contributed by atoms with Crippen molar-refractivity contribution < 1.29 is 13.5 Å². The highest BCUT2D eigenvalue weighted by atomic mass is 35.5. The first-order valence-corrected chi connectivity index (χ1v) is 9.50. The molecule has 0 radical (unpaired) electrons. The van der Waals surface area contributed by atoms with Crippen LogP contribution in [0.15, 0.2) is 29.2 Å². The van der Waals surface area contributed by atoms with Crippen LogP contribution in [0.3, 0.4) is 0 Å². The highest BCUT2D eigenvalue weighted by Crippen LogP contribution is 2.38. The number of halogens is 1. The Morgan fingerprint density at radius 2 is 1.74 bits per heavy atom. The molecule has 1 fully saturated rings. The molecule has 0 unspecified atom stereocenters. The Bertz CT molecular complexity index is 596. The minimum absolute atomic E-state index is 0. The molecule has 2 rings (SSSR count). The molecule has 1 aromatic rings. The van der Waals surface area contributed by atoms with Crippen LogP contribution >= 0.6 is 12.4 Å². The van der Waals surface area contributed by atoms with E-state index in [9.17, 15) is 13.5 Å². The molecule has 5 nitrogen and oxygen atoms in total. The third-order valence-electron chi connectivity index (χ3n) is 4.29. The van der Waals surface area contributed by atoms with Gasteiger partial charge < -0.3 is 10.4 Å². The van der Waals surface area contributed by atoms with E-state index in [1.807, 2.05) is 26.0 Å². The summed E-state index contributed by atoms with van der Waals surface area (Å²) in [5.74, 6) is 0. The maximum Gasteiger partial charge on any atom is 0.175 e. The first-order valence-electron chi connectivity index (χ1n) is 7.61. The molecule has 1 atom stereocenters. The average molecular weight is 363 g/mol. The molecule has 0 amide bonds. The SMILES string of the molecule is CC(C)(CO)[C@@H](c1ccc(S(C)(=O)=O)cc1)N1CCNCC1.Cl. The summed E-state index contributed by atoms with van der Waals surface area (Å²) >= 11 is 0. The molecule has 1 aromatic carbocycles. The molecular weight excluding hydrogens is 336 g/mol. The quantitative estimate of drug-likeness (QED) is 0.830. The number of benzene rings is 1. The second-order valence-corrected chi connectivity index (χ2v) is 8.69. The number of nitrogens with one attached hydrogen (secondary N) is 1. The van der Waals surface area contributed by atoms with Gasteiger partial charge in [0.2, 0.25) is 0 Å². The number of hydrogen-bond donors (Lipinski definition) is 2. The van der Waals surface area contributed by atoms with Crippen LogP contribution in [0.1, 0.15) is 25.5 Å². The second kappa shape index (κ2) is 7.94. The normalized spacial score (nSPS) is 18.3. The number of hydrogen-bond acceptors (Lipinski definition) is 5. The van der Waals surface area contributed by atoms with Gasteiger partial charge in [-0.15, -0.1) is 12.4 Å². The van der Waals surface area contributed by atoms with Gasteiger partial charge in [-0.25, -0.2) is 8.42 Å². The lowest BCUT2D eigenvalue weighted by Gasteiger charge is -2.43. The van der Waals surface area contributed by atoms with E-state index in [0.717, 1.165) is 31.7 Å². The van der Waals surface area contributed by atoms with Gasteiger partial charge in [0.1, 0.15) is 0 Å². The largest absolute Gasteiger partial charge is 0.396 e. The van der Waals surface area contributed by atoms with E-state index in [4.69, 9.17) is 0 Å². The summed E-state index contributed by atoms with van der Waals surface area (Å²) in [5, 5.41) is 13.1. The molecule has 23 heavy (non-hydrogen) atoms. The Morgan fingerprint density at radius 3 is 2.17 bits per heavy atom. The summed E-state index contributed by atoms with van der Waals surface area (Å²) in [6.45, 7) is 7.87. The fraction of sp³-hybridized carbons (Fsp3) is 0.625. The van der Waals surface area contributed by atoms with Crippen molar-refractivity contribution in [2.45, 2.75) is 24.8 Å². The zero-order chi connectivity index (χ0) is 16.4. The van der Waals surface area contributed by atoms with E-state index in [1.54, 1.807) is 12.1 Å². The third-order valence-corrected chi connectivity index (χ3v) is 5.42. The molecule has 0 bridgehead atoms. The van der Waals surface area contributed by atoms with E-state index >= 15 is 0 Å². The summed E-state index contributed by atoms with van der Waals surface area (Å²) in [7, 11) is -3.18. The van der Waals surface area contributed by atoms with Crippen molar-refractivity contribution in [2.24, 2.45) is 5.41 Å². The maximum atomic E-state index is 11.6. The number of nitrogens with zero attached hydrogens (tertiary/aromatic N) is 1. The summed E-state index contributed by atoms with van der Waals surface area (Å²) in [6.07, 6.45) is 1.22. The topological polar surface area (TPSA) is 69.6 Å². The van der Waals surface area contributed by atoms with Crippen molar-refractivity contribution in [3.05, 3.63) is 29.8 Å². The van der Waals surface area contributed by atoms with E-state index < -0.39 is 9.84 Å². The van der Waals surface area contributed by atoms with Crippen LogP contribution in [0.2, 0.25) is 0 Å². The van der Waals surface area contributed by atoms with Crippen LogP contribution in [0.5, 0.6) is 0 Å². The van der Waals surface area contributed by atoms with Crippen molar-refractivity contribution in [1.29, 1.82) is 0 Å². The van der Waals surface area contributed by atoms with E-state index in [1.165, 1.54) is 6.26 Å². The molecule has 0 saturated carbocycles. The number of aliphatic hydroxyl groups is 1. The number of sulfone groups is 1. The zero-order valence-corrected chi connectivity index (χ0v) is 15.6. The molecule has 7 heteroatoms. The molecule has 1 aliphatic heterocycles. The highest BCUT2D eigenvalue weighted by molar-refractivity contribution is 7.90. The van der Waals surface area contributed by atoms with Gasteiger partial charge in [-0.05, 0) is 17.7 Å². The lowest BCUT2D eigenvalue weighted by molar-refractivity contribution is 0.0305. The first-order chi connectivity index (χ1) is 10.3. The van der Waals surface area contributed by atoms with Crippen LogP contribution in [0.25, 0.3) is 0 Å². The molecule has 1 aliphatic rings. The van der Waals surface area contributed by atoms with Crippen LogP contribution in [0.4, 0.5) is 0 Å². The van der Waals surface area contributed by atoms with Gasteiger partial charge >= 0.3 is 0 Å². The van der Waals surface area contributed by atoms with E-state index in [-0.39, 0.29) is 30.5 Å². The molecule has 0 spiro atoms. The van der Waals surface area contributed by atoms with Crippen molar-refractivity contribution in [1.82, 2.24) is 10.2 Å². The zero-order valence-electron chi connectivity index (χ0n) is 13.9. The van der Waals surface area contributed by atoms with Crippen LogP contribution < -0.4 is 5.32 Å². The summed E-state index contributed by atoms with van der Waals surface area (Å²) in [5.41, 5.74) is 0.748. The molecule has 0 aromatic heterocycles. The number of piperazine rings is 1. The van der Waals surface area contributed by atoms with Crippen molar-refractivity contribution in [2.75, 3.05) is 39.0 Å². The van der Waals surface area contributed by atoms with Gasteiger partial charge in [0.05, 0.1) is 4.90 Å². The third kappa shape index (κ3) is 4.90. The van der Waals surface area contributed by atoms with Gasteiger partial charge in [-0.3, -0.25) is 4.90 Å². The number of rotatable bonds is 5. The minimum Gasteiger partial charge on any atom is -0.396 e. The predicted molar refractivity (Wildman–Crippen MR) is 94.9 cm³/mol. The molecule has 1 saturated heterocycles. The van der Waals surface area contributed by atoms with Gasteiger partial charge in [0.15, 0.2) is 9.84 Å². The van der Waals surface area contributed by atoms with Gasteiger partial charge in [-0.1, -0.05) is 26.0 Å². The predicted octanol–water partition coefficient (Wildman–Crippen LogP) is 1.48. The van der Waals surface area contributed by atoms with Crippen LogP contribution in [0, 0.1) is 5.41 Å². The van der Waals surface area contributed by atoms with E-state index in [2.05, 4.69) is 10.2 Å². The highest BCUT2D eigenvalue weighted by Gasteiger charge is 2.35. The first kappa shape index (κ1) is 20.4. The van der Waals surface area contributed by atoms with Gasteiger partial charge in [0.25, 0.3) is 0 Å². The summed E-state index contributed by atoms with van der Waals surface area (Å²) in [6, 6.07) is 7.13. The molecule has 132 valence electrons. The summed E-state index contributed by atoms with van der Waals surface area (Å²) in [4.78, 5) is 2.69. The smallest absolute Gasteiger partial charge is 0.175 e. The van der Waals surface area contributed by atoms with E-state index in [0.29, 0.717) is 4.90 Å². The van der Waals surface area contributed by atoms with Gasteiger partial charge in [-0.2, -0.15) is 0 Å². The second-order valence-electron chi connectivity index (χ2n) is 6.68. The van der Waals surface area contributed by atoms with Crippen molar-refractivity contribution in [3.8, 4) is 0 Å². The standard InChI is InChI=1S/C16H26N2O3S.ClH/c1-16(2,12-19)15(18-10-8-17-9-11-18)13-4-6-14(7-5-13)22(3,20)21;/h4-7,15,17,19H,8-12H2,1-3H3;1H/t15-;/m1./s1.